The third-order valence-electron chi connectivity index (χ3n) is 7.52. The maximum atomic E-state index is 13.2. The zero-order valence-electron chi connectivity index (χ0n) is 23.5. The normalized spacial score (nSPS) is 17.5. The van der Waals surface area contributed by atoms with Crippen LogP contribution in [0.25, 0.3) is 33.6 Å². The standard InChI is InChI=1S/C32H30N4O6/c1-19-18-40-20(2)17-36(19)32(37)27-14-29(38-3)25(16-35-27)30-13-26-31(42-30)24(6-9-34-26)21-4-5-28(22(12-21)15-33)41-23-7-10-39-11-8-23/h4-6,9,12-14,16,19,23H,2,7-8,10-11,17-18H2,1,3H3. The summed E-state index contributed by atoms with van der Waals surface area (Å²) < 4.78 is 29.0. The quantitative estimate of drug-likeness (QED) is 0.303. The van der Waals surface area contributed by atoms with Gasteiger partial charge in [-0.05, 0) is 30.7 Å². The van der Waals surface area contributed by atoms with Crippen molar-refractivity contribution in [3.8, 4) is 40.0 Å². The highest BCUT2D eigenvalue weighted by atomic mass is 16.5. The van der Waals surface area contributed by atoms with E-state index in [0.29, 0.717) is 71.6 Å². The fourth-order valence-corrected chi connectivity index (χ4v) is 5.21. The summed E-state index contributed by atoms with van der Waals surface area (Å²) in [5.41, 5.74) is 4.03. The molecule has 1 unspecified atom stereocenters. The summed E-state index contributed by atoms with van der Waals surface area (Å²) in [7, 11) is 1.53. The lowest BCUT2D eigenvalue weighted by Crippen LogP contribution is -2.46. The average molecular weight is 567 g/mol. The van der Waals surface area contributed by atoms with Crippen molar-refractivity contribution in [2.24, 2.45) is 0 Å². The number of aromatic nitrogens is 2. The maximum Gasteiger partial charge on any atom is 0.273 e. The number of fused-ring (bicyclic) bond motifs is 1. The number of amides is 1. The topological polar surface area (TPSA) is 120 Å². The largest absolute Gasteiger partial charge is 0.496 e. The molecule has 0 bridgehead atoms. The second kappa shape index (κ2) is 11.5. The molecule has 1 aromatic carbocycles. The van der Waals surface area contributed by atoms with E-state index in [9.17, 15) is 10.1 Å². The third-order valence-corrected chi connectivity index (χ3v) is 7.52. The molecule has 0 spiro atoms. The predicted molar refractivity (Wildman–Crippen MR) is 154 cm³/mol. The second-order valence-electron chi connectivity index (χ2n) is 10.3. The van der Waals surface area contributed by atoms with Gasteiger partial charge in [0.2, 0.25) is 0 Å². The first-order valence-corrected chi connectivity index (χ1v) is 13.8. The number of nitriles is 1. The van der Waals surface area contributed by atoms with Gasteiger partial charge in [-0.15, -0.1) is 0 Å². The SMILES string of the molecule is C=C1CN(C(=O)c2cc(OC)c(-c3cc4nccc(-c5ccc(OC6CCOCC6)c(C#N)c5)c4o3)cn2)C(C)CO1. The van der Waals surface area contributed by atoms with Crippen molar-refractivity contribution >= 4 is 17.0 Å². The molecular weight excluding hydrogens is 536 g/mol. The maximum absolute atomic E-state index is 13.2. The number of ether oxygens (including phenoxy) is 4. The number of nitrogens with zero attached hydrogens (tertiary/aromatic N) is 4. The molecule has 2 aliphatic rings. The molecule has 4 aromatic rings. The zero-order valence-corrected chi connectivity index (χ0v) is 23.5. The number of furan rings is 1. The molecule has 2 fully saturated rings. The van der Waals surface area contributed by atoms with Crippen molar-refractivity contribution in [3.05, 3.63) is 72.4 Å². The van der Waals surface area contributed by atoms with Crippen LogP contribution in [0.3, 0.4) is 0 Å². The van der Waals surface area contributed by atoms with Crippen molar-refractivity contribution in [3.63, 3.8) is 0 Å². The van der Waals surface area contributed by atoms with E-state index in [0.717, 1.165) is 24.0 Å². The van der Waals surface area contributed by atoms with Crippen LogP contribution in [0.1, 0.15) is 35.8 Å². The summed E-state index contributed by atoms with van der Waals surface area (Å²) in [5.74, 6) is 1.79. The summed E-state index contributed by atoms with van der Waals surface area (Å²) in [6, 6.07) is 13.0. The number of rotatable bonds is 6. The molecule has 1 atom stereocenters. The summed E-state index contributed by atoms with van der Waals surface area (Å²) in [6.45, 7) is 7.76. The Hall–Kier alpha value is -4.88. The van der Waals surface area contributed by atoms with E-state index in [1.165, 1.54) is 7.11 Å². The van der Waals surface area contributed by atoms with E-state index in [2.05, 4.69) is 22.6 Å². The molecule has 6 rings (SSSR count). The van der Waals surface area contributed by atoms with Gasteiger partial charge in [0.15, 0.2) is 5.58 Å². The Bertz CT molecular complexity index is 1700. The molecule has 214 valence electrons. The van der Waals surface area contributed by atoms with Gasteiger partial charge in [0.25, 0.3) is 5.91 Å². The molecule has 3 aromatic heterocycles. The van der Waals surface area contributed by atoms with Gasteiger partial charge < -0.3 is 28.3 Å². The van der Waals surface area contributed by atoms with Crippen LogP contribution in [0, 0.1) is 11.3 Å². The van der Waals surface area contributed by atoms with Gasteiger partial charge in [-0.2, -0.15) is 5.26 Å². The molecule has 2 saturated heterocycles. The van der Waals surface area contributed by atoms with Crippen LogP contribution in [0.4, 0.5) is 0 Å². The van der Waals surface area contributed by atoms with Crippen LogP contribution in [0.5, 0.6) is 11.5 Å². The van der Waals surface area contributed by atoms with Gasteiger partial charge in [0.1, 0.15) is 53.0 Å². The van der Waals surface area contributed by atoms with Gasteiger partial charge >= 0.3 is 0 Å². The highest BCUT2D eigenvalue weighted by molar-refractivity contribution is 5.95. The Morgan fingerprint density at radius 2 is 1.95 bits per heavy atom. The Balaban J connectivity index is 1.31. The summed E-state index contributed by atoms with van der Waals surface area (Å²) in [6.07, 6.45) is 4.88. The monoisotopic (exact) mass is 566 g/mol. The Kier molecular flexibility index (Phi) is 7.50. The van der Waals surface area contributed by atoms with Crippen LogP contribution in [-0.2, 0) is 9.47 Å². The van der Waals surface area contributed by atoms with Crippen LogP contribution >= 0.6 is 0 Å². The lowest BCUT2D eigenvalue weighted by molar-refractivity contribution is 0.0254. The highest BCUT2D eigenvalue weighted by Gasteiger charge is 2.29. The summed E-state index contributed by atoms with van der Waals surface area (Å²) in [4.78, 5) is 23.9. The molecule has 10 nitrogen and oxygen atoms in total. The van der Waals surface area contributed by atoms with Gasteiger partial charge in [0, 0.05) is 42.9 Å². The molecule has 0 saturated carbocycles. The minimum atomic E-state index is -0.233. The molecule has 10 heteroatoms. The van der Waals surface area contributed by atoms with Crippen molar-refractivity contribution in [2.75, 3.05) is 33.5 Å². The average Bonchev–Trinajstić information content (AvgIpc) is 3.47. The second-order valence-corrected chi connectivity index (χ2v) is 10.3. The molecule has 5 heterocycles. The van der Waals surface area contributed by atoms with Crippen molar-refractivity contribution < 1.29 is 28.2 Å². The third kappa shape index (κ3) is 5.27. The lowest BCUT2D eigenvalue weighted by Gasteiger charge is -2.34. The fourth-order valence-electron chi connectivity index (χ4n) is 5.21. The van der Waals surface area contributed by atoms with E-state index >= 15 is 0 Å². The number of hydrogen-bond acceptors (Lipinski definition) is 9. The Morgan fingerprint density at radius 1 is 1.12 bits per heavy atom. The molecule has 0 radical (unpaired) electrons. The first-order valence-electron chi connectivity index (χ1n) is 13.8. The smallest absolute Gasteiger partial charge is 0.273 e. The van der Waals surface area contributed by atoms with Gasteiger partial charge in [-0.1, -0.05) is 12.6 Å². The van der Waals surface area contributed by atoms with Crippen molar-refractivity contribution in [1.82, 2.24) is 14.9 Å². The number of pyridine rings is 2. The number of benzene rings is 1. The molecule has 2 aliphatic heterocycles. The number of carbonyl (C=O) groups excluding carboxylic acids is 1. The molecule has 1 amide bonds. The number of carbonyl (C=O) groups is 1. The summed E-state index contributed by atoms with van der Waals surface area (Å²) in [5, 5.41) is 9.87. The first kappa shape index (κ1) is 27.3. The predicted octanol–water partition coefficient (Wildman–Crippen LogP) is 5.37. The summed E-state index contributed by atoms with van der Waals surface area (Å²) >= 11 is 0. The van der Waals surface area contributed by atoms with Crippen LogP contribution < -0.4 is 9.47 Å². The van der Waals surface area contributed by atoms with Gasteiger partial charge in [0.05, 0.1) is 44.0 Å². The Labute approximate surface area is 243 Å². The van der Waals surface area contributed by atoms with Gasteiger partial charge in [-0.25, -0.2) is 0 Å². The zero-order chi connectivity index (χ0) is 29.2. The number of morpholine rings is 1. The van der Waals surface area contributed by atoms with Crippen LogP contribution in [-0.4, -0.2) is 66.4 Å². The highest BCUT2D eigenvalue weighted by Crippen LogP contribution is 2.38. The molecular formula is C32H30N4O6. The number of hydrogen-bond donors (Lipinski definition) is 0. The molecule has 42 heavy (non-hydrogen) atoms. The Morgan fingerprint density at radius 3 is 2.74 bits per heavy atom. The van der Waals surface area contributed by atoms with Gasteiger partial charge in [-0.3, -0.25) is 14.8 Å². The van der Waals surface area contributed by atoms with Crippen LogP contribution in [0.15, 0.2) is 65.5 Å². The van der Waals surface area contributed by atoms with E-state index in [1.807, 2.05) is 31.2 Å². The van der Waals surface area contributed by atoms with E-state index < -0.39 is 0 Å². The minimum absolute atomic E-state index is 0.0268. The first-order chi connectivity index (χ1) is 20.4. The molecule has 0 aliphatic carbocycles. The van der Waals surface area contributed by atoms with Crippen molar-refractivity contribution in [1.29, 1.82) is 5.26 Å². The van der Waals surface area contributed by atoms with Crippen LogP contribution in [0.2, 0.25) is 0 Å². The van der Waals surface area contributed by atoms with E-state index in [1.54, 1.807) is 29.4 Å². The van der Waals surface area contributed by atoms with E-state index in [4.69, 9.17) is 23.4 Å². The number of methoxy groups -OCH3 is 1. The molecule has 0 N–H and O–H groups in total. The van der Waals surface area contributed by atoms with Crippen molar-refractivity contribution in [2.45, 2.75) is 31.9 Å². The fraction of sp³-hybridized carbons (Fsp3) is 0.312. The minimum Gasteiger partial charge on any atom is -0.496 e. The lowest BCUT2D eigenvalue weighted by atomic mass is 10.0. The van der Waals surface area contributed by atoms with E-state index in [-0.39, 0.29) is 23.7 Å².